The summed E-state index contributed by atoms with van der Waals surface area (Å²) in [5.74, 6) is -0.186. The molecule has 3 rings (SSSR count). The summed E-state index contributed by atoms with van der Waals surface area (Å²) >= 11 is 1.42. The van der Waals surface area contributed by atoms with Crippen LogP contribution in [0.4, 0.5) is 0 Å². The van der Waals surface area contributed by atoms with Crippen molar-refractivity contribution in [2.45, 2.75) is 37.0 Å². The number of thioether (sulfide) groups is 1. The first-order valence-electron chi connectivity index (χ1n) is 8.76. The van der Waals surface area contributed by atoms with E-state index in [-0.39, 0.29) is 23.0 Å². The zero-order chi connectivity index (χ0) is 18.7. The molecule has 26 heavy (non-hydrogen) atoms. The van der Waals surface area contributed by atoms with Crippen molar-refractivity contribution in [3.63, 3.8) is 0 Å². The minimum atomic E-state index is -0.271. The first-order valence-corrected chi connectivity index (χ1v) is 9.64. The van der Waals surface area contributed by atoms with Gasteiger partial charge in [-0.15, -0.1) is 0 Å². The molecule has 140 valence electrons. The predicted molar refractivity (Wildman–Crippen MR) is 97.6 cm³/mol. The van der Waals surface area contributed by atoms with E-state index in [4.69, 9.17) is 4.74 Å². The summed E-state index contributed by atoms with van der Waals surface area (Å²) in [4.78, 5) is 35.0. The van der Waals surface area contributed by atoms with Crippen molar-refractivity contribution in [3.8, 4) is 0 Å². The highest BCUT2D eigenvalue weighted by atomic mass is 32.2. The van der Waals surface area contributed by atoms with Gasteiger partial charge in [0.1, 0.15) is 11.4 Å². The van der Waals surface area contributed by atoms with E-state index in [0.717, 1.165) is 16.1 Å². The summed E-state index contributed by atoms with van der Waals surface area (Å²) < 4.78 is 6.77. The fourth-order valence-corrected chi connectivity index (χ4v) is 4.07. The maximum Gasteiger partial charge on any atom is 0.309 e. The van der Waals surface area contributed by atoms with Gasteiger partial charge in [-0.2, -0.15) is 5.10 Å². The predicted octanol–water partition coefficient (Wildman–Crippen LogP) is 1.65. The molecule has 0 bridgehead atoms. The molecule has 0 spiro atoms. The Morgan fingerprint density at radius 1 is 1.35 bits per heavy atom. The summed E-state index contributed by atoms with van der Waals surface area (Å²) in [6, 6.07) is 0. The van der Waals surface area contributed by atoms with Crippen LogP contribution in [-0.4, -0.2) is 61.5 Å². The number of rotatable bonds is 5. The van der Waals surface area contributed by atoms with Gasteiger partial charge in [-0.25, -0.2) is 9.97 Å². The fourth-order valence-electron chi connectivity index (χ4n) is 3.11. The highest BCUT2D eigenvalue weighted by Gasteiger charge is 2.30. The molecule has 2 aromatic rings. The zero-order valence-electron chi connectivity index (χ0n) is 15.2. The van der Waals surface area contributed by atoms with E-state index in [0.29, 0.717) is 32.5 Å². The third kappa shape index (κ3) is 3.82. The molecule has 0 aromatic carbocycles. The summed E-state index contributed by atoms with van der Waals surface area (Å²) in [7, 11) is 1.83. The van der Waals surface area contributed by atoms with Crippen LogP contribution < -0.4 is 0 Å². The van der Waals surface area contributed by atoms with Gasteiger partial charge in [0.25, 0.3) is 0 Å². The second-order valence-electron chi connectivity index (χ2n) is 6.30. The number of aromatic nitrogens is 4. The van der Waals surface area contributed by atoms with Crippen LogP contribution in [0.5, 0.6) is 0 Å². The van der Waals surface area contributed by atoms with Crippen molar-refractivity contribution in [2.75, 3.05) is 19.7 Å². The smallest absolute Gasteiger partial charge is 0.309 e. The van der Waals surface area contributed by atoms with Gasteiger partial charge in [-0.1, -0.05) is 11.8 Å². The van der Waals surface area contributed by atoms with Crippen molar-refractivity contribution >= 4 is 34.7 Å². The fraction of sp³-hybridized carbons (Fsp3) is 0.588. The van der Waals surface area contributed by atoms with Gasteiger partial charge in [0.05, 0.1) is 29.4 Å². The lowest BCUT2D eigenvalue weighted by atomic mass is 9.97. The molecule has 1 saturated heterocycles. The van der Waals surface area contributed by atoms with Gasteiger partial charge < -0.3 is 9.64 Å². The van der Waals surface area contributed by atoms with Crippen LogP contribution in [0.3, 0.4) is 0 Å². The van der Waals surface area contributed by atoms with Crippen LogP contribution in [-0.2, 0) is 21.4 Å². The average molecular weight is 377 g/mol. The number of fused-ring (bicyclic) bond motifs is 1. The van der Waals surface area contributed by atoms with E-state index in [1.54, 1.807) is 10.9 Å². The van der Waals surface area contributed by atoms with Crippen LogP contribution in [0, 0.1) is 5.92 Å². The Hall–Kier alpha value is -2.16. The van der Waals surface area contributed by atoms with Gasteiger partial charge in [0, 0.05) is 20.1 Å². The highest BCUT2D eigenvalue weighted by molar-refractivity contribution is 8.00. The van der Waals surface area contributed by atoms with Crippen molar-refractivity contribution in [2.24, 2.45) is 13.0 Å². The van der Waals surface area contributed by atoms with Gasteiger partial charge in [-0.3, -0.25) is 14.3 Å². The number of aryl methyl sites for hydroxylation is 1. The van der Waals surface area contributed by atoms with E-state index in [1.165, 1.54) is 18.1 Å². The third-order valence-corrected chi connectivity index (χ3v) is 5.66. The standard InChI is InChI=1S/C17H23N5O3S/c1-4-25-17(24)12-5-7-22(8-6-12)16(23)11(2)26-15-13-9-20-21(3)14(13)18-10-19-15/h9-12H,4-8H2,1-3H3. The highest BCUT2D eigenvalue weighted by Crippen LogP contribution is 2.29. The lowest BCUT2D eigenvalue weighted by Crippen LogP contribution is -2.43. The number of amides is 1. The summed E-state index contributed by atoms with van der Waals surface area (Å²) in [6.45, 7) is 5.25. The number of nitrogens with zero attached hydrogens (tertiary/aromatic N) is 5. The first kappa shape index (κ1) is 18.6. The SMILES string of the molecule is CCOC(=O)C1CCN(C(=O)C(C)Sc2ncnc3c2cnn3C)CC1. The molecule has 2 aromatic heterocycles. The van der Waals surface area contributed by atoms with Gasteiger partial charge in [0.15, 0.2) is 5.65 Å². The Bertz CT molecular complexity index is 801. The van der Waals surface area contributed by atoms with Crippen molar-refractivity contribution in [1.82, 2.24) is 24.6 Å². The lowest BCUT2D eigenvalue weighted by Gasteiger charge is -2.32. The Morgan fingerprint density at radius 2 is 2.08 bits per heavy atom. The van der Waals surface area contributed by atoms with Crippen molar-refractivity contribution in [1.29, 1.82) is 0 Å². The molecule has 1 atom stereocenters. The van der Waals surface area contributed by atoms with Crippen LogP contribution in [0.1, 0.15) is 26.7 Å². The summed E-state index contributed by atoms with van der Waals surface area (Å²) in [6.07, 6.45) is 4.53. The average Bonchev–Trinajstić information content (AvgIpc) is 3.03. The Labute approximate surface area is 156 Å². The van der Waals surface area contributed by atoms with Gasteiger partial charge >= 0.3 is 5.97 Å². The number of carbonyl (C=O) groups excluding carboxylic acids is 2. The normalized spacial score (nSPS) is 16.7. The molecule has 0 saturated carbocycles. The molecule has 1 unspecified atom stereocenters. The molecular formula is C17H23N5O3S. The maximum atomic E-state index is 12.8. The number of piperidine rings is 1. The summed E-state index contributed by atoms with van der Waals surface area (Å²) in [5, 5.41) is 5.53. The zero-order valence-corrected chi connectivity index (χ0v) is 16.0. The second kappa shape index (κ2) is 8.03. The van der Waals surface area contributed by atoms with E-state index >= 15 is 0 Å². The molecule has 1 amide bonds. The van der Waals surface area contributed by atoms with E-state index in [1.807, 2.05) is 25.8 Å². The van der Waals surface area contributed by atoms with E-state index in [2.05, 4.69) is 15.1 Å². The van der Waals surface area contributed by atoms with Crippen molar-refractivity contribution < 1.29 is 14.3 Å². The van der Waals surface area contributed by atoms with Crippen LogP contribution in [0.15, 0.2) is 17.6 Å². The molecule has 0 aliphatic carbocycles. The number of hydrogen-bond donors (Lipinski definition) is 0. The first-order chi connectivity index (χ1) is 12.5. The molecule has 0 N–H and O–H groups in total. The Kier molecular flexibility index (Phi) is 5.75. The number of esters is 1. The number of hydrogen-bond acceptors (Lipinski definition) is 7. The third-order valence-electron chi connectivity index (χ3n) is 4.56. The molecule has 1 aliphatic rings. The molecule has 9 heteroatoms. The quantitative estimate of drug-likeness (QED) is 0.444. The van der Waals surface area contributed by atoms with E-state index in [9.17, 15) is 9.59 Å². The minimum absolute atomic E-state index is 0.0629. The largest absolute Gasteiger partial charge is 0.466 e. The number of carbonyl (C=O) groups is 2. The molecule has 8 nitrogen and oxygen atoms in total. The van der Waals surface area contributed by atoms with E-state index < -0.39 is 0 Å². The Balaban J connectivity index is 1.61. The maximum absolute atomic E-state index is 12.8. The monoisotopic (exact) mass is 377 g/mol. The molecule has 1 aliphatic heterocycles. The van der Waals surface area contributed by atoms with Gasteiger partial charge in [0.2, 0.25) is 5.91 Å². The molecule has 3 heterocycles. The Morgan fingerprint density at radius 3 is 2.77 bits per heavy atom. The lowest BCUT2D eigenvalue weighted by molar-refractivity contribution is -0.151. The van der Waals surface area contributed by atoms with Gasteiger partial charge in [-0.05, 0) is 26.7 Å². The number of likely N-dealkylation sites (tertiary alicyclic amines) is 1. The molecular weight excluding hydrogens is 354 g/mol. The second-order valence-corrected chi connectivity index (χ2v) is 7.63. The van der Waals surface area contributed by atoms with Crippen molar-refractivity contribution in [3.05, 3.63) is 12.5 Å². The van der Waals surface area contributed by atoms with Crippen LogP contribution in [0.2, 0.25) is 0 Å². The topological polar surface area (TPSA) is 90.2 Å². The molecule has 0 radical (unpaired) electrons. The minimum Gasteiger partial charge on any atom is -0.466 e. The molecule has 1 fully saturated rings. The number of ether oxygens (including phenoxy) is 1. The van der Waals surface area contributed by atoms with Crippen LogP contribution >= 0.6 is 11.8 Å². The summed E-state index contributed by atoms with van der Waals surface area (Å²) in [5.41, 5.74) is 0.748. The van der Waals surface area contributed by atoms with Crippen LogP contribution in [0.25, 0.3) is 11.0 Å².